The van der Waals surface area contributed by atoms with Crippen LogP contribution in [-0.2, 0) is 0 Å². The summed E-state index contributed by atoms with van der Waals surface area (Å²) in [7, 11) is 0. The van der Waals surface area contributed by atoms with Crippen LogP contribution in [0.2, 0.25) is 0 Å². The van der Waals surface area contributed by atoms with E-state index >= 15 is 0 Å². The van der Waals surface area contributed by atoms with Crippen LogP contribution in [0.5, 0.6) is 0 Å². The number of non-ortho nitro benzene ring substituents is 1. The normalized spacial score (nSPS) is 9.94. The number of unbranched alkanes of at least 4 members (excludes halogenated alkanes) is 1. The number of thioether (sulfide) groups is 1. The first-order chi connectivity index (χ1) is 8.13. The van der Waals surface area contributed by atoms with E-state index in [2.05, 4.69) is 12.2 Å². The summed E-state index contributed by atoms with van der Waals surface area (Å²) in [6.07, 6.45) is 2.02. The molecule has 5 nitrogen and oxygen atoms in total. The average molecular weight is 254 g/mol. The molecule has 0 bridgehead atoms. The fraction of sp³-hybridized carbons (Fsp3) is 0.364. The summed E-state index contributed by atoms with van der Waals surface area (Å²) in [5.74, 6) is 0.761. The Hall–Kier alpha value is -1.56. The molecule has 0 aliphatic heterocycles. The van der Waals surface area contributed by atoms with E-state index in [9.17, 15) is 14.9 Å². The van der Waals surface area contributed by atoms with Gasteiger partial charge in [0.2, 0.25) is 0 Å². The number of rotatable bonds is 5. The molecule has 0 heterocycles. The van der Waals surface area contributed by atoms with Crippen LogP contribution < -0.4 is 5.32 Å². The average Bonchev–Trinajstić information content (AvgIpc) is 2.29. The fourth-order valence-corrected chi connectivity index (χ4v) is 1.97. The van der Waals surface area contributed by atoms with Gasteiger partial charge in [0.05, 0.1) is 4.92 Å². The molecule has 1 amide bonds. The second kappa shape index (κ2) is 6.90. The van der Waals surface area contributed by atoms with E-state index in [1.165, 1.54) is 23.9 Å². The van der Waals surface area contributed by atoms with Gasteiger partial charge in [0.15, 0.2) is 0 Å². The zero-order valence-electron chi connectivity index (χ0n) is 9.51. The molecular formula is C11H14N2O3S. The second-order valence-corrected chi connectivity index (χ2v) is 4.49. The van der Waals surface area contributed by atoms with Gasteiger partial charge in [-0.3, -0.25) is 14.9 Å². The lowest BCUT2D eigenvalue weighted by Gasteiger charge is -2.03. The van der Waals surface area contributed by atoms with Gasteiger partial charge < -0.3 is 5.32 Å². The summed E-state index contributed by atoms with van der Waals surface area (Å²) >= 11 is 1.19. The Morgan fingerprint density at radius 1 is 1.53 bits per heavy atom. The van der Waals surface area contributed by atoms with Crippen molar-refractivity contribution in [3.63, 3.8) is 0 Å². The molecule has 1 rings (SSSR count). The van der Waals surface area contributed by atoms with Crippen molar-refractivity contribution in [2.24, 2.45) is 0 Å². The minimum atomic E-state index is -0.486. The lowest BCUT2D eigenvalue weighted by molar-refractivity contribution is -0.384. The van der Waals surface area contributed by atoms with Gasteiger partial charge in [-0.1, -0.05) is 31.2 Å². The van der Waals surface area contributed by atoms with E-state index in [1.54, 1.807) is 12.1 Å². The fourth-order valence-electron chi connectivity index (χ4n) is 1.16. The highest BCUT2D eigenvalue weighted by molar-refractivity contribution is 8.13. The summed E-state index contributed by atoms with van der Waals surface area (Å²) in [6.45, 7) is 2.05. The molecule has 0 aliphatic carbocycles. The number of nitro benzene ring substituents is 1. The Morgan fingerprint density at radius 2 is 2.29 bits per heavy atom. The lowest BCUT2D eigenvalue weighted by atomic mass is 10.3. The lowest BCUT2D eigenvalue weighted by Crippen LogP contribution is -2.05. The van der Waals surface area contributed by atoms with Crippen LogP contribution in [-0.4, -0.2) is 15.9 Å². The third kappa shape index (κ3) is 4.86. The molecular weight excluding hydrogens is 240 g/mol. The number of carbonyl (C=O) groups is 1. The van der Waals surface area contributed by atoms with Gasteiger partial charge in [-0.05, 0) is 12.5 Å². The van der Waals surface area contributed by atoms with Crippen molar-refractivity contribution in [2.45, 2.75) is 19.8 Å². The molecule has 0 aliphatic rings. The van der Waals surface area contributed by atoms with Crippen LogP contribution in [0.4, 0.5) is 16.2 Å². The van der Waals surface area contributed by atoms with Crippen molar-refractivity contribution in [3.05, 3.63) is 34.4 Å². The van der Waals surface area contributed by atoms with Gasteiger partial charge in [0, 0.05) is 23.6 Å². The first-order valence-corrected chi connectivity index (χ1v) is 6.30. The number of nitrogens with one attached hydrogen (secondary N) is 1. The highest BCUT2D eigenvalue weighted by Gasteiger charge is 2.08. The van der Waals surface area contributed by atoms with Crippen LogP contribution in [0.15, 0.2) is 24.3 Å². The molecule has 0 radical (unpaired) electrons. The highest BCUT2D eigenvalue weighted by atomic mass is 32.2. The van der Waals surface area contributed by atoms with Gasteiger partial charge in [0.1, 0.15) is 0 Å². The molecule has 0 unspecified atom stereocenters. The zero-order chi connectivity index (χ0) is 12.7. The third-order valence-electron chi connectivity index (χ3n) is 2.03. The summed E-state index contributed by atoms with van der Waals surface area (Å²) in [5, 5.41) is 13.0. The molecule has 1 aromatic carbocycles. The maximum Gasteiger partial charge on any atom is 0.283 e. The number of carbonyl (C=O) groups excluding carboxylic acids is 1. The van der Waals surface area contributed by atoms with Crippen molar-refractivity contribution in [1.82, 2.24) is 0 Å². The van der Waals surface area contributed by atoms with E-state index in [0.29, 0.717) is 5.69 Å². The summed E-state index contributed by atoms with van der Waals surface area (Å²) < 4.78 is 0. The van der Waals surface area contributed by atoms with Gasteiger partial charge in [-0.2, -0.15) is 0 Å². The van der Waals surface area contributed by atoms with Crippen molar-refractivity contribution >= 4 is 28.4 Å². The first-order valence-electron chi connectivity index (χ1n) is 5.31. The van der Waals surface area contributed by atoms with Gasteiger partial charge >= 0.3 is 0 Å². The number of nitrogens with zero attached hydrogens (tertiary/aromatic N) is 1. The van der Waals surface area contributed by atoms with E-state index in [0.717, 1.165) is 18.6 Å². The second-order valence-electron chi connectivity index (χ2n) is 3.42. The number of nitro groups is 1. The van der Waals surface area contributed by atoms with Crippen LogP contribution >= 0.6 is 11.8 Å². The molecule has 17 heavy (non-hydrogen) atoms. The zero-order valence-corrected chi connectivity index (χ0v) is 10.3. The van der Waals surface area contributed by atoms with Crippen molar-refractivity contribution < 1.29 is 9.72 Å². The SMILES string of the molecule is CCCCSC(=O)Nc1cccc([N+](=O)[O-])c1. The number of benzene rings is 1. The molecule has 92 valence electrons. The Morgan fingerprint density at radius 3 is 2.94 bits per heavy atom. The maximum absolute atomic E-state index is 11.5. The predicted molar refractivity (Wildman–Crippen MR) is 69.5 cm³/mol. The summed E-state index contributed by atoms with van der Waals surface area (Å²) in [5.41, 5.74) is 0.426. The number of hydrogen-bond acceptors (Lipinski definition) is 4. The van der Waals surface area contributed by atoms with E-state index in [-0.39, 0.29) is 10.9 Å². The number of anilines is 1. The van der Waals surface area contributed by atoms with Gasteiger partial charge in [-0.15, -0.1) is 0 Å². The Balaban J connectivity index is 2.53. The summed E-state index contributed by atoms with van der Waals surface area (Å²) in [4.78, 5) is 21.5. The third-order valence-corrected chi connectivity index (χ3v) is 2.89. The molecule has 0 saturated heterocycles. The van der Waals surface area contributed by atoms with E-state index < -0.39 is 4.92 Å². The number of amides is 1. The van der Waals surface area contributed by atoms with Crippen molar-refractivity contribution in [1.29, 1.82) is 0 Å². The standard InChI is InChI=1S/C11H14N2O3S/c1-2-3-7-17-11(14)12-9-5-4-6-10(8-9)13(15)16/h4-6,8H,2-3,7H2,1H3,(H,12,14). The monoisotopic (exact) mass is 254 g/mol. The molecule has 1 aromatic rings. The van der Waals surface area contributed by atoms with Crippen LogP contribution in [0.1, 0.15) is 19.8 Å². The van der Waals surface area contributed by atoms with E-state index in [4.69, 9.17) is 0 Å². The number of hydrogen-bond donors (Lipinski definition) is 1. The molecule has 0 aromatic heterocycles. The van der Waals surface area contributed by atoms with Gasteiger partial charge in [0.25, 0.3) is 10.9 Å². The molecule has 1 N–H and O–H groups in total. The topological polar surface area (TPSA) is 72.2 Å². The summed E-state index contributed by atoms with van der Waals surface area (Å²) in [6, 6.07) is 5.91. The van der Waals surface area contributed by atoms with Crippen LogP contribution in [0.3, 0.4) is 0 Å². The molecule has 0 atom stereocenters. The molecule has 0 saturated carbocycles. The predicted octanol–water partition coefficient (Wildman–Crippen LogP) is 3.66. The molecule has 6 heteroatoms. The minimum Gasteiger partial charge on any atom is -0.317 e. The van der Waals surface area contributed by atoms with Gasteiger partial charge in [-0.25, -0.2) is 0 Å². The highest BCUT2D eigenvalue weighted by Crippen LogP contribution is 2.18. The van der Waals surface area contributed by atoms with Crippen LogP contribution in [0.25, 0.3) is 0 Å². The minimum absolute atomic E-state index is 0.0265. The largest absolute Gasteiger partial charge is 0.317 e. The first kappa shape index (κ1) is 13.5. The Bertz CT molecular complexity index is 409. The van der Waals surface area contributed by atoms with Crippen molar-refractivity contribution in [3.8, 4) is 0 Å². The molecule has 0 spiro atoms. The Kier molecular flexibility index (Phi) is 5.48. The van der Waals surface area contributed by atoms with Crippen molar-refractivity contribution in [2.75, 3.05) is 11.1 Å². The molecule has 0 fully saturated rings. The maximum atomic E-state index is 11.5. The van der Waals surface area contributed by atoms with Crippen LogP contribution in [0, 0.1) is 10.1 Å². The smallest absolute Gasteiger partial charge is 0.283 e. The quantitative estimate of drug-likeness (QED) is 0.494. The Labute approximate surface area is 104 Å². The van der Waals surface area contributed by atoms with E-state index in [1.807, 2.05) is 0 Å².